The Balaban J connectivity index is 2.52. The van der Waals surface area contributed by atoms with Gasteiger partial charge in [-0.2, -0.15) is 5.11 Å². The number of rotatable bonds is 0. The molecule has 2 nitrogen and oxygen atoms in total. The number of benzene rings is 1. The van der Waals surface area contributed by atoms with E-state index in [1.54, 1.807) is 6.20 Å². The quantitative estimate of drug-likeness (QED) is 0.538. The van der Waals surface area contributed by atoms with E-state index >= 15 is 0 Å². The summed E-state index contributed by atoms with van der Waals surface area (Å²) in [5, 5.41) is 3.79. The summed E-state index contributed by atoms with van der Waals surface area (Å²) >= 11 is 1.41. The van der Waals surface area contributed by atoms with Gasteiger partial charge in [0.1, 0.15) is 0 Å². The third-order valence-corrected chi connectivity index (χ3v) is 2.17. The third-order valence-electron chi connectivity index (χ3n) is 1.43. The van der Waals surface area contributed by atoms with Gasteiger partial charge >= 0.3 is 0 Å². The Morgan fingerprint density at radius 1 is 1.18 bits per heavy atom. The molecule has 0 bridgehead atoms. The average molecular weight is 162 g/mol. The van der Waals surface area contributed by atoms with Gasteiger partial charge < -0.3 is 0 Å². The topological polar surface area (TPSA) is 24.7 Å². The van der Waals surface area contributed by atoms with Gasteiger partial charge in [-0.25, -0.2) is 0 Å². The van der Waals surface area contributed by atoms with Crippen molar-refractivity contribution in [2.45, 2.75) is 4.90 Å². The van der Waals surface area contributed by atoms with Crippen molar-refractivity contribution in [2.75, 3.05) is 0 Å². The van der Waals surface area contributed by atoms with Gasteiger partial charge in [-0.1, -0.05) is 18.2 Å². The van der Waals surface area contributed by atoms with E-state index in [2.05, 4.69) is 15.7 Å². The molecule has 1 aliphatic heterocycles. The van der Waals surface area contributed by atoms with Crippen LogP contribution in [-0.4, -0.2) is 0 Å². The molecule has 0 aliphatic carbocycles. The first-order valence-electron chi connectivity index (χ1n) is 3.29. The van der Waals surface area contributed by atoms with E-state index in [0.717, 1.165) is 4.90 Å². The summed E-state index contributed by atoms with van der Waals surface area (Å²) in [6.45, 7) is 0. The number of fused-ring (bicyclic) bond motifs is 1. The van der Waals surface area contributed by atoms with Crippen LogP contribution in [0.5, 0.6) is 0 Å². The lowest BCUT2D eigenvalue weighted by atomic mass is 10.2. The molecule has 0 radical (unpaired) electrons. The minimum absolute atomic E-state index is 1.16. The molecular weight excluding hydrogens is 156 g/mol. The van der Waals surface area contributed by atoms with E-state index in [0.29, 0.717) is 0 Å². The molecule has 1 aromatic rings. The lowest BCUT2D eigenvalue weighted by Crippen LogP contribution is -1.73. The van der Waals surface area contributed by atoms with Gasteiger partial charge in [-0.05, 0) is 17.7 Å². The Kier molecular flexibility index (Phi) is 1.73. The molecule has 0 fully saturated rings. The summed E-state index contributed by atoms with van der Waals surface area (Å²) in [5.74, 6) is 0. The molecule has 0 aromatic heterocycles. The molecule has 0 saturated carbocycles. The number of hydrogen-bond donors (Lipinski definition) is 0. The Hall–Kier alpha value is -1.09. The predicted octanol–water partition coefficient (Wildman–Crippen LogP) is 3.13. The summed E-state index contributed by atoms with van der Waals surface area (Å²) in [5.41, 5.74) is 1.18. The highest BCUT2D eigenvalue weighted by atomic mass is 32.2. The summed E-state index contributed by atoms with van der Waals surface area (Å²) in [7, 11) is 0. The highest BCUT2D eigenvalue weighted by molar-refractivity contribution is 7.98. The van der Waals surface area contributed by atoms with Crippen molar-refractivity contribution < 1.29 is 0 Å². The average Bonchev–Trinajstić information content (AvgIpc) is 2.28. The second kappa shape index (κ2) is 2.88. The van der Waals surface area contributed by atoms with Crippen molar-refractivity contribution >= 4 is 18.0 Å². The first-order valence-corrected chi connectivity index (χ1v) is 4.07. The molecule has 1 aromatic carbocycles. The standard InChI is InChI=1S/C8H6N2S/c1-2-4-8-7(3-1)5-6-9-10-11-8/h1-6H. The third kappa shape index (κ3) is 1.33. The Labute approximate surface area is 69.2 Å². The fraction of sp³-hybridized carbons (Fsp3) is 0. The second-order valence-corrected chi connectivity index (χ2v) is 2.93. The van der Waals surface area contributed by atoms with Gasteiger partial charge in [0.25, 0.3) is 0 Å². The predicted molar refractivity (Wildman–Crippen MR) is 46.2 cm³/mol. The van der Waals surface area contributed by atoms with Gasteiger partial charge in [0.15, 0.2) is 0 Å². The van der Waals surface area contributed by atoms with E-state index in [1.807, 2.05) is 24.3 Å². The molecule has 0 spiro atoms. The maximum atomic E-state index is 3.87. The van der Waals surface area contributed by atoms with E-state index < -0.39 is 0 Å². The van der Waals surface area contributed by atoms with Crippen LogP contribution in [0.1, 0.15) is 5.56 Å². The van der Waals surface area contributed by atoms with E-state index in [4.69, 9.17) is 0 Å². The molecule has 54 valence electrons. The molecule has 1 aliphatic rings. The SMILES string of the molecule is C1=Cc2ccccc2SN=N1. The van der Waals surface area contributed by atoms with Gasteiger partial charge in [-0.3, -0.25) is 0 Å². The lowest BCUT2D eigenvalue weighted by molar-refractivity contribution is 1.35. The molecule has 11 heavy (non-hydrogen) atoms. The van der Waals surface area contributed by atoms with Crippen molar-refractivity contribution in [1.29, 1.82) is 0 Å². The maximum absolute atomic E-state index is 3.87. The Morgan fingerprint density at radius 3 is 3.09 bits per heavy atom. The van der Waals surface area contributed by atoms with Crippen molar-refractivity contribution in [3.63, 3.8) is 0 Å². The molecular formula is C8H6N2S. The van der Waals surface area contributed by atoms with Gasteiger partial charge in [0, 0.05) is 16.8 Å². The number of nitrogens with zero attached hydrogens (tertiary/aromatic N) is 2. The second-order valence-electron chi connectivity index (χ2n) is 2.14. The minimum Gasteiger partial charge on any atom is -0.151 e. The van der Waals surface area contributed by atoms with Crippen LogP contribution in [0, 0.1) is 0 Å². The summed E-state index contributed by atoms with van der Waals surface area (Å²) < 4.78 is 3.87. The minimum atomic E-state index is 1.16. The van der Waals surface area contributed by atoms with Crippen LogP contribution >= 0.6 is 11.9 Å². The summed E-state index contributed by atoms with van der Waals surface area (Å²) in [6, 6.07) is 8.10. The van der Waals surface area contributed by atoms with Gasteiger partial charge in [0.2, 0.25) is 0 Å². The molecule has 3 heteroatoms. The monoisotopic (exact) mass is 162 g/mol. The van der Waals surface area contributed by atoms with Crippen LogP contribution in [0.15, 0.2) is 45.0 Å². The van der Waals surface area contributed by atoms with Gasteiger partial charge in [0.05, 0.1) is 6.20 Å². The van der Waals surface area contributed by atoms with Crippen LogP contribution < -0.4 is 0 Å². The fourth-order valence-corrected chi connectivity index (χ4v) is 1.48. The first kappa shape index (κ1) is 6.61. The lowest BCUT2D eigenvalue weighted by Gasteiger charge is -1.96. The van der Waals surface area contributed by atoms with Crippen molar-refractivity contribution in [3.8, 4) is 0 Å². The summed E-state index contributed by atoms with van der Waals surface area (Å²) in [4.78, 5) is 1.16. The zero-order valence-corrected chi connectivity index (χ0v) is 6.58. The van der Waals surface area contributed by atoms with Crippen LogP contribution in [0.3, 0.4) is 0 Å². The van der Waals surface area contributed by atoms with Crippen molar-refractivity contribution in [2.24, 2.45) is 9.63 Å². The Morgan fingerprint density at radius 2 is 2.09 bits per heavy atom. The van der Waals surface area contributed by atoms with Crippen LogP contribution in [0.25, 0.3) is 6.08 Å². The molecule has 0 amide bonds. The molecule has 1 heterocycles. The Bertz CT molecular complexity index is 318. The fourth-order valence-electron chi connectivity index (χ4n) is 0.910. The smallest absolute Gasteiger partial charge is 0.0508 e. The van der Waals surface area contributed by atoms with Crippen LogP contribution in [0.2, 0.25) is 0 Å². The normalized spacial score (nSPS) is 14.2. The van der Waals surface area contributed by atoms with Gasteiger partial charge in [-0.15, -0.1) is 4.52 Å². The van der Waals surface area contributed by atoms with Crippen LogP contribution in [-0.2, 0) is 0 Å². The number of hydrogen-bond acceptors (Lipinski definition) is 3. The van der Waals surface area contributed by atoms with Crippen molar-refractivity contribution in [1.82, 2.24) is 0 Å². The van der Waals surface area contributed by atoms with Crippen molar-refractivity contribution in [3.05, 3.63) is 36.0 Å². The maximum Gasteiger partial charge on any atom is 0.0508 e. The molecule has 0 unspecified atom stereocenters. The van der Waals surface area contributed by atoms with Crippen LogP contribution in [0.4, 0.5) is 0 Å². The van der Waals surface area contributed by atoms with E-state index in [-0.39, 0.29) is 0 Å². The highest BCUT2D eigenvalue weighted by Gasteiger charge is 1.99. The van der Waals surface area contributed by atoms with E-state index in [1.165, 1.54) is 17.5 Å². The molecule has 0 N–H and O–H groups in total. The summed E-state index contributed by atoms with van der Waals surface area (Å²) in [6.07, 6.45) is 3.66. The molecule has 0 saturated heterocycles. The molecule has 0 atom stereocenters. The zero-order valence-electron chi connectivity index (χ0n) is 5.77. The largest absolute Gasteiger partial charge is 0.151 e. The highest BCUT2D eigenvalue weighted by Crippen LogP contribution is 2.26. The van der Waals surface area contributed by atoms with E-state index in [9.17, 15) is 0 Å². The first-order chi connectivity index (χ1) is 5.47. The molecule has 2 rings (SSSR count). The zero-order chi connectivity index (χ0) is 7.52.